The lowest BCUT2D eigenvalue weighted by atomic mass is 9.64. The Labute approximate surface area is 212 Å². The fourth-order valence-electron chi connectivity index (χ4n) is 4.22. The topological polar surface area (TPSA) is 214 Å². The first-order chi connectivity index (χ1) is 17.3. The Bertz CT molecular complexity index is 1220. The van der Waals surface area contributed by atoms with Crippen LogP contribution in [0.2, 0.25) is 5.82 Å². The molecule has 2 heterocycles. The van der Waals surface area contributed by atoms with Crippen LogP contribution in [0.3, 0.4) is 0 Å². The Kier molecular flexibility index (Phi) is 8.55. The number of imide groups is 1. The number of nitrogens with one attached hydrogen (secondary N) is 1. The summed E-state index contributed by atoms with van der Waals surface area (Å²) in [4.78, 5) is 63.7. The molecule has 1 fully saturated rings. The second-order valence-corrected chi connectivity index (χ2v) is 10.5. The predicted molar refractivity (Wildman–Crippen MR) is 128 cm³/mol. The summed E-state index contributed by atoms with van der Waals surface area (Å²) in [5, 5.41) is 27.1. The zero-order chi connectivity index (χ0) is 27.5. The number of nitrogens with two attached hydrogens (primary N) is 1. The highest BCUT2D eigenvalue weighted by Gasteiger charge is 2.40. The third kappa shape index (κ3) is 6.64. The molecule has 0 radical (unpaired) electrons. The van der Waals surface area contributed by atoms with Crippen molar-refractivity contribution < 1.29 is 47.2 Å². The van der Waals surface area contributed by atoms with E-state index in [1.165, 1.54) is 17.0 Å². The van der Waals surface area contributed by atoms with Crippen molar-refractivity contribution in [3.63, 3.8) is 0 Å². The summed E-state index contributed by atoms with van der Waals surface area (Å²) in [6.07, 6.45) is -0.709. The predicted octanol–water partition coefficient (Wildman–Crippen LogP) is -1.42. The lowest BCUT2D eigenvalue weighted by Gasteiger charge is -2.33. The van der Waals surface area contributed by atoms with E-state index in [1.54, 1.807) is 13.0 Å². The Morgan fingerprint density at radius 1 is 1.24 bits per heavy atom. The number of hydrogen-bond donors (Lipinski definition) is 4. The van der Waals surface area contributed by atoms with Crippen LogP contribution >= 0.6 is 0 Å². The van der Waals surface area contributed by atoms with Crippen molar-refractivity contribution in [3.05, 3.63) is 29.3 Å². The number of rotatable bonds is 9. The van der Waals surface area contributed by atoms with E-state index in [9.17, 15) is 42.5 Å². The van der Waals surface area contributed by atoms with Crippen LogP contribution in [0.1, 0.15) is 35.7 Å². The number of para-hydroxylation sites is 1. The highest BCUT2D eigenvalue weighted by atomic mass is 32.2. The van der Waals surface area contributed by atoms with Gasteiger partial charge in [0.15, 0.2) is 5.78 Å². The molecule has 2 atom stereocenters. The van der Waals surface area contributed by atoms with Crippen LogP contribution in [0.4, 0.5) is 4.79 Å². The summed E-state index contributed by atoms with van der Waals surface area (Å²) in [5.74, 6) is -5.39. The van der Waals surface area contributed by atoms with Crippen LogP contribution in [-0.2, 0) is 30.8 Å². The minimum Gasteiger partial charge on any atom is -0.535 e. The molecule has 2 aliphatic heterocycles. The molecule has 14 nitrogen and oxygen atoms in total. The van der Waals surface area contributed by atoms with Crippen molar-refractivity contribution in [2.24, 2.45) is 5.14 Å². The van der Waals surface area contributed by atoms with Gasteiger partial charge in [0.1, 0.15) is 5.75 Å². The van der Waals surface area contributed by atoms with Gasteiger partial charge < -0.3 is 25.0 Å². The van der Waals surface area contributed by atoms with Gasteiger partial charge in [-0.15, -0.1) is 0 Å². The summed E-state index contributed by atoms with van der Waals surface area (Å²) in [7, 11) is -5.56. The zero-order valence-corrected chi connectivity index (χ0v) is 20.8. The number of likely N-dealkylation sites (N-methyl/N-ethyl adjacent to an activating group) is 1. The number of amides is 4. The number of carbonyl (C=O) groups is 5. The number of primary sulfonamides is 1. The van der Waals surface area contributed by atoms with E-state index in [0.717, 1.165) is 0 Å². The van der Waals surface area contributed by atoms with E-state index < -0.39 is 70.8 Å². The number of aromatic carboxylic acids is 1. The van der Waals surface area contributed by atoms with Crippen molar-refractivity contribution in [1.82, 2.24) is 15.1 Å². The monoisotopic (exact) mass is 538 g/mol. The van der Waals surface area contributed by atoms with Crippen molar-refractivity contribution in [3.8, 4) is 5.75 Å². The van der Waals surface area contributed by atoms with Crippen LogP contribution in [0.5, 0.6) is 5.75 Å². The van der Waals surface area contributed by atoms with Gasteiger partial charge >= 0.3 is 30.9 Å². The molecule has 1 saturated heterocycles. The Morgan fingerprint density at radius 2 is 1.95 bits per heavy atom. The number of benzene rings is 1. The number of piperazine rings is 1. The summed E-state index contributed by atoms with van der Waals surface area (Å²) in [6, 6.07) is 1.94. The number of sulfonamides is 1. The Hall–Kier alpha value is -3.50. The van der Waals surface area contributed by atoms with E-state index in [0.29, 0.717) is 10.5 Å². The molecule has 0 aromatic heterocycles. The van der Waals surface area contributed by atoms with Crippen LogP contribution in [0.15, 0.2) is 18.2 Å². The molecule has 37 heavy (non-hydrogen) atoms. The fraction of sp³-hybridized carbons (Fsp3) is 0.476. The molecule has 5 N–H and O–H groups in total. The quantitative estimate of drug-likeness (QED) is 0.213. The molecule has 200 valence electrons. The Balaban J connectivity index is 1.75. The molecule has 1 aromatic carbocycles. The smallest absolute Gasteiger partial charge is 0.526 e. The third-order valence-corrected chi connectivity index (χ3v) is 7.03. The van der Waals surface area contributed by atoms with Gasteiger partial charge in [-0.25, -0.2) is 23.1 Å². The Morgan fingerprint density at radius 3 is 2.57 bits per heavy atom. The van der Waals surface area contributed by atoms with Gasteiger partial charge in [0.05, 0.1) is 17.4 Å². The number of carbonyl (C=O) groups excluding carboxylic acids is 4. The van der Waals surface area contributed by atoms with Crippen LogP contribution in [0, 0.1) is 0 Å². The van der Waals surface area contributed by atoms with Crippen LogP contribution < -0.4 is 15.1 Å². The van der Waals surface area contributed by atoms with Gasteiger partial charge in [-0.1, -0.05) is 12.1 Å². The standard InChI is InChI=1S/C21H27BN4O10S/c1-2-25-7-8-26(19(29)18(25)28)21(32)24-15(6-9-37(23,34)35)16(27)11-13-10-12-4-3-5-14(20(30)31)17(12)36-22(13)33/h3-5,13,15,33H,2,6-11H2,1H3,(H,24,32)(H,30,31)(H2,23,34,35)/t13-,15?/m1/s1. The summed E-state index contributed by atoms with van der Waals surface area (Å²) in [6.45, 7) is 1.94. The number of fused-ring (bicyclic) bond motifs is 1. The first-order valence-corrected chi connectivity index (χ1v) is 13.2. The van der Waals surface area contributed by atoms with E-state index in [4.69, 9.17) is 9.79 Å². The van der Waals surface area contributed by atoms with E-state index >= 15 is 0 Å². The molecule has 2 aliphatic rings. The number of ketones is 1. The average Bonchev–Trinajstić information content (AvgIpc) is 2.82. The molecule has 4 amide bonds. The lowest BCUT2D eigenvalue weighted by Crippen LogP contribution is -2.60. The maximum atomic E-state index is 13.1. The highest BCUT2D eigenvalue weighted by molar-refractivity contribution is 7.89. The molecular formula is C21H27BN4O10S. The number of urea groups is 1. The molecule has 1 aromatic rings. The van der Waals surface area contributed by atoms with Gasteiger partial charge in [-0.2, -0.15) is 0 Å². The number of nitrogens with zero attached hydrogens (tertiary/aromatic N) is 2. The molecule has 16 heteroatoms. The number of Topliss-reactive ketones (excluding diaryl/α,β-unsaturated/α-hetero) is 1. The first kappa shape index (κ1) is 28.1. The third-order valence-electron chi connectivity index (χ3n) is 6.23. The average molecular weight is 538 g/mol. The van der Waals surface area contributed by atoms with Gasteiger partial charge in [-0.05, 0) is 31.4 Å². The van der Waals surface area contributed by atoms with Crippen LogP contribution in [0.25, 0.3) is 0 Å². The maximum Gasteiger partial charge on any atom is 0.526 e. The van der Waals surface area contributed by atoms with Crippen molar-refractivity contribution in [2.75, 3.05) is 25.4 Å². The highest BCUT2D eigenvalue weighted by Crippen LogP contribution is 2.36. The largest absolute Gasteiger partial charge is 0.535 e. The summed E-state index contributed by atoms with van der Waals surface area (Å²) < 4.78 is 28.4. The van der Waals surface area contributed by atoms with Gasteiger partial charge in [0.2, 0.25) is 10.0 Å². The second-order valence-electron chi connectivity index (χ2n) is 8.74. The first-order valence-electron chi connectivity index (χ1n) is 11.5. The molecular weight excluding hydrogens is 511 g/mol. The molecule has 1 unspecified atom stereocenters. The number of carboxylic acids is 1. The van der Waals surface area contributed by atoms with Gasteiger partial charge in [0.25, 0.3) is 0 Å². The number of carboxylic acid groups (broad SMARTS) is 1. The molecule has 3 rings (SSSR count). The summed E-state index contributed by atoms with van der Waals surface area (Å²) >= 11 is 0. The molecule has 0 saturated carbocycles. The minimum absolute atomic E-state index is 0.0142. The lowest BCUT2D eigenvalue weighted by molar-refractivity contribution is -0.153. The minimum atomic E-state index is -4.01. The molecule has 0 bridgehead atoms. The van der Waals surface area contributed by atoms with E-state index in [2.05, 4.69) is 5.32 Å². The number of hydrogen-bond acceptors (Lipinski definition) is 9. The van der Waals surface area contributed by atoms with E-state index in [1.807, 2.05) is 0 Å². The zero-order valence-electron chi connectivity index (χ0n) is 20.0. The molecule has 0 aliphatic carbocycles. The van der Waals surface area contributed by atoms with Crippen LogP contribution in [-0.4, -0.2) is 96.5 Å². The van der Waals surface area contributed by atoms with Crippen molar-refractivity contribution in [1.29, 1.82) is 0 Å². The van der Waals surface area contributed by atoms with Gasteiger partial charge in [0, 0.05) is 31.9 Å². The molecule has 0 spiro atoms. The van der Waals surface area contributed by atoms with Crippen molar-refractivity contribution in [2.45, 2.75) is 38.0 Å². The second kappa shape index (κ2) is 11.3. The van der Waals surface area contributed by atoms with E-state index in [-0.39, 0.29) is 43.8 Å². The van der Waals surface area contributed by atoms with Crippen molar-refractivity contribution >= 4 is 46.7 Å². The van der Waals surface area contributed by atoms with Gasteiger partial charge in [-0.3, -0.25) is 19.3 Å². The SMILES string of the molecule is CCN1CCN(C(=O)NC(CCS(N)(=O)=O)C(=O)C[C@H]2Cc3cccc(C(=O)O)c3OB2O)C(=O)C1=O. The fourth-order valence-corrected chi connectivity index (χ4v) is 4.78. The maximum absolute atomic E-state index is 13.1. The normalized spacial score (nSPS) is 18.7. The summed E-state index contributed by atoms with van der Waals surface area (Å²) in [5.41, 5.74) is 0.299.